The molecule has 0 aliphatic carbocycles. The highest BCUT2D eigenvalue weighted by Crippen LogP contribution is 2.42. The number of hydrogen-bond donors (Lipinski definition) is 1. The maximum Gasteiger partial charge on any atom is 0.416 e. The number of aryl methyl sites for hydroxylation is 1. The van der Waals surface area contributed by atoms with E-state index < -0.39 is 11.7 Å². The number of halogens is 8. The molecule has 0 saturated carbocycles. The summed E-state index contributed by atoms with van der Waals surface area (Å²) < 4.78 is 70.7. The molecule has 2 aromatic heterocycles. The fourth-order valence-electron chi connectivity index (χ4n) is 18.3. The normalized spacial score (nSPS) is 17.8. The number of benzene rings is 11. The lowest BCUT2D eigenvalue weighted by Crippen LogP contribution is -2.27. The highest BCUT2D eigenvalue weighted by atomic mass is 79.9. The number of para-hydroxylation sites is 5. The van der Waals surface area contributed by atoms with Crippen molar-refractivity contribution in [3.63, 3.8) is 0 Å². The molecule has 13 heterocycles. The van der Waals surface area contributed by atoms with E-state index in [4.69, 9.17) is 37.0 Å². The number of nitrogens with zero attached hydrogens (tertiary/aromatic N) is 13. The fraction of sp³-hybridized carbons (Fsp3) is 0.182. The number of nitrogens with one attached hydrogen (secondary N) is 1. The fourth-order valence-corrected chi connectivity index (χ4v) is 19.4. The molecule has 14 nitrogen and oxygen atoms in total. The molecule has 11 aliphatic rings. The van der Waals surface area contributed by atoms with Gasteiger partial charge in [0.2, 0.25) is 0 Å². The summed E-state index contributed by atoms with van der Waals surface area (Å²) in [4.78, 5) is 44.5. The van der Waals surface area contributed by atoms with E-state index in [0.717, 1.165) is 228 Å². The number of allylic oxidation sites excluding steroid dienone is 1. The molecule has 0 unspecified atom stereocenters. The van der Waals surface area contributed by atoms with Crippen molar-refractivity contribution in [3.8, 4) is 0 Å². The van der Waals surface area contributed by atoms with Crippen molar-refractivity contribution in [2.45, 2.75) is 97.3 Å². The molecule has 0 spiro atoms. The zero-order valence-electron chi connectivity index (χ0n) is 72.6. The highest BCUT2D eigenvalue weighted by Gasteiger charge is 2.36. The van der Waals surface area contributed by atoms with Crippen molar-refractivity contribution in [2.24, 2.45) is 25.0 Å². The molecule has 24 rings (SSSR count). The van der Waals surface area contributed by atoms with Gasteiger partial charge in [-0.2, -0.15) is 13.2 Å². The highest BCUT2D eigenvalue weighted by molar-refractivity contribution is 9.10. The topological polar surface area (TPSA) is 133 Å². The monoisotopic (exact) mass is 1900 g/mol. The summed E-state index contributed by atoms with van der Waals surface area (Å²) in [7, 11) is 0. The average molecular weight is 1900 g/mol. The maximum atomic E-state index is 13.8. The minimum absolute atomic E-state index is 0. The lowest BCUT2D eigenvalue weighted by atomic mass is 10.0. The van der Waals surface area contributed by atoms with Crippen LogP contribution in [0.25, 0.3) is 53.1 Å². The third-order valence-corrected chi connectivity index (χ3v) is 26.9. The predicted molar refractivity (Wildman–Crippen MR) is 534 cm³/mol. The van der Waals surface area contributed by atoms with Gasteiger partial charge >= 0.3 is 6.18 Å². The minimum atomic E-state index is -4.35. The Morgan fingerprint density at radius 1 is 0.379 bits per heavy atom. The maximum absolute atomic E-state index is 13.8. The predicted octanol–water partition coefficient (Wildman–Crippen LogP) is 27.2. The Morgan fingerprint density at radius 2 is 0.727 bits per heavy atom. The smallest absolute Gasteiger partial charge is 0.352 e. The first-order valence-corrected chi connectivity index (χ1v) is 46.6. The van der Waals surface area contributed by atoms with Crippen LogP contribution in [0.1, 0.15) is 125 Å². The molecule has 11 aromatic carbocycles. The first kappa shape index (κ1) is 87.7. The van der Waals surface area contributed by atoms with Gasteiger partial charge in [-0.25, -0.2) is 43.7 Å². The number of aliphatic imine (C=N–C) groups is 5. The van der Waals surface area contributed by atoms with Crippen LogP contribution < -0.4 is 5.49 Å². The lowest BCUT2D eigenvalue weighted by Gasteiger charge is -2.24. The first-order chi connectivity index (χ1) is 64.4. The van der Waals surface area contributed by atoms with Crippen molar-refractivity contribution >= 4 is 154 Å². The summed E-state index contributed by atoms with van der Waals surface area (Å²) in [6, 6.07) is 87.2. The second-order valence-corrected chi connectivity index (χ2v) is 35.7. The SMILES string of the molecule is Brc1ccccc1/C=C1\CCN2Cc3ccccc3N=C12.CCc1ccccc1/C=C1\CCN2Cc3ccccc3N=C12.FC(F)(F)c1ccccc1/C=C1\CCN2Cc3ccccc3N=C12.Fc1ccc(/C=C2\CCN3Cc4ccccc4N=C23)c(Cl)c1.Fc1ccccc1/C=C1\CCN2Cc3ccccc3N=C12.N=c1c2cccnc2nc2n1CC/C2=C\c1ccccc1Br.[HH]. The molecule has 0 bridgehead atoms. The molecular formula is C110H94Br2ClF5N14. The van der Waals surface area contributed by atoms with Crippen LogP contribution in [0, 0.1) is 17.0 Å². The summed E-state index contributed by atoms with van der Waals surface area (Å²) in [6.07, 6.45) is 16.4. The third kappa shape index (κ3) is 19.4. The first-order valence-electron chi connectivity index (χ1n) is 44.6. The lowest BCUT2D eigenvalue weighted by molar-refractivity contribution is -0.137. The van der Waals surface area contributed by atoms with Crippen molar-refractivity contribution in [1.82, 2.24) is 39.0 Å². The standard InChI is InChI=1S/C20H20N2.C19H15F3N2.C18H15BrN2.C18H14ClFN2.C18H15FN2.C17H13BrN4.H2/c1-2-15-7-3-4-8-16(15)13-17-11-12-22-14-18-9-5-6-10-19(18)21-20(17)22;20-19(21,22)16-7-3-1-5-13(16)11-14-9-10-24-12-15-6-2-4-8-17(15)23-18(14)24;19-16-7-3-1-5-13(16)11-14-9-10-21-12-15-6-2-4-8-17(15)20-18(14)21;19-16-10-15(20)6-5-12(16)9-13-7-8-22-11-14-3-1-2-4-17(14)21-18(13)22;19-16-7-3-1-5-13(16)11-14-9-10-21-12-15-6-2-4-8-17(15)20-18(14)21;18-14-6-2-1-4-11(14)10-12-7-9-22-15(19)13-5-3-8-20-16(13)21-17(12)22;/h3-10,13H,2,11-12,14H2,1H3;1-8,11H,9-10,12H2;1-8,11H,9-10,12H2;1-6,9-10H,7-8,11H2;1-8,11H,9-10,12H2;1-6,8,10,19H,7,9H2;1H/b17-13+;2*14-11+;13-9+;14-11+;12-10+,19-15?;. The Balaban J connectivity index is 0.000000107. The Labute approximate surface area is 787 Å². The van der Waals surface area contributed by atoms with Gasteiger partial charge in [-0.1, -0.05) is 245 Å². The van der Waals surface area contributed by atoms with Crippen LogP contribution in [0.4, 0.5) is 50.4 Å². The molecular weight excluding hydrogens is 1810 g/mol. The number of aromatic nitrogens is 3. The van der Waals surface area contributed by atoms with Crippen LogP contribution in [-0.2, 0) is 51.9 Å². The van der Waals surface area contributed by atoms with Crippen molar-refractivity contribution < 1.29 is 23.4 Å². The van der Waals surface area contributed by atoms with E-state index in [1.807, 2.05) is 126 Å². The minimum Gasteiger partial charge on any atom is -0.352 e. The number of pyridine rings is 1. The van der Waals surface area contributed by atoms with Crippen LogP contribution in [-0.4, -0.2) is 101 Å². The van der Waals surface area contributed by atoms with Crippen LogP contribution in [0.15, 0.2) is 341 Å². The molecule has 22 heteroatoms. The Kier molecular flexibility index (Phi) is 26.1. The molecule has 0 amide bonds. The third-order valence-electron chi connectivity index (χ3n) is 25.1. The van der Waals surface area contributed by atoms with E-state index in [0.29, 0.717) is 28.1 Å². The van der Waals surface area contributed by atoms with Gasteiger partial charge in [-0.05, 0) is 255 Å². The molecule has 5 saturated heterocycles. The molecule has 660 valence electrons. The Hall–Kier alpha value is -13.6. The largest absolute Gasteiger partial charge is 0.416 e. The zero-order chi connectivity index (χ0) is 90.4. The van der Waals surface area contributed by atoms with Gasteiger partial charge in [0.25, 0.3) is 0 Å². The summed E-state index contributed by atoms with van der Waals surface area (Å²) in [5, 5.41) is 9.61. The quantitative estimate of drug-likeness (QED) is 0.157. The Morgan fingerprint density at radius 3 is 1.15 bits per heavy atom. The van der Waals surface area contributed by atoms with E-state index in [9.17, 15) is 22.0 Å². The summed E-state index contributed by atoms with van der Waals surface area (Å²) in [5.41, 5.74) is 25.8. The van der Waals surface area contributed by atoms with Gasteiger partial charge in [-0.3, -0.25) is 5.41 Å². The van der Waals surface area contributed by atoms with Gasteiger partial charge in [0, 0.05) is 94.1 Å². The van der Waals surface area contributed by atoms with E-state index in [1.165, 1.54) is 86.3 Å². The van der Waals surface area contributed by atoms with Crippen molar-refractivity contribution in [3.05, 3.63) is 416 Å². The zero-order valence-corrected chi connectivity index (χ0v) is 76.5. The molecule has 132 heavy (non-hydrogen) atoms. The van der Waals surface area contributed by atoms with Crippen LogP contribution in [0.2, 0.25) is 5.02 Å². The summed E-state index contributed by atoms with van der Waals surface area (Å²) in [6.45, 7) is 12.3. The number of hydrogen-bond acceptors (Lipinski definition) is 13. The second kappa shape index (κ2) is 39.2. The molecule has 11 aliphatic heterocycles. The van der Waals surface area contributed by atoms with E-state index >= 15 is 0 Å². The molecule has 0 atom stereocenters. The number of rotatable bonds is 7. The van der Waals surface area contributed by atoms with Crippen LogP contribution in [0.3, 0.4) is 0 Å². The van der Waals surface area contributed by atoms with Gasteiger partial charge in [0.15, 0.2) is 5.65 Å². The molecule has 1 N–H and O–H groups in total. The second-order valence-electron chi connectivity index (χ2n) is 33.6. The molecule has 0 radical (unpaired) electrons. The molecule has 13 aromatic rings. The van der Waals surface area contributed by atoms with E-state index in [2.05, 4.69) is 206 Å². The van der Waals surface area contributed by atoms with Crippen LogP contribution >= 0.6 is 43.5 Å². The average Bonchev–Trinajstić information content (AvgIpc) is 1.69. The van der Waals surface area contributed by atoms with Crippen LogP contribution in [0.5, 0.6) is 0 Å². The number of fused-ring (bicyclic) bond motifs is 12. The summed E-state index contributed by atoms with van der Waals surface area (Å²) >= 11 is 13.3. The van der Waals surface area contributed by atoms with Gasteiger partial charge in [0.05, 0.1) is 44.4 Å². The van der Waals surface area contributed by atoms with Gasteiger partial charge in [0.1, 0.15) is 52.1 Å². The van der Waals surface area contributed by atoms with Gasteiger partial charge in [-0.15, -0.1) is 0 Å². The van der Waals surface area contributed by atoms with Crippen molar-refractivity contribution in [2.75, 3.05) is 32.7 Å². The number of amidine groups is 5. The van der Waals surface area contributed by atoms with Gasteiger partial charge < -0.3 is 29.1 Å². The number of alkyl halides is 3. The van der Waals surface area contributed by atoms with E-state index in [-0.39, 0.29) is 18.6 Å². The van der Waals surface area contributed by atoms with Crippen molar-refractivity contribution in [1.29, 1.82) is 5.41 Å². The molecule has 5 fully saturated rings. The Bertz CT molecular complexity index is 6970. The summed E-state index contributed by atoms with van der Waals surface area (Å²) in [5.74, 6) is 5.48. The van der Waals surface area contributed by atoms with E-state index in [1.54, 1.807) is 30.5 Å².